The summed E-state index contributed by atoms with van der Waals surface area (Å²) in [5.41, 5.74) is 5.54. The van der Waals surface area contributed by atoms with Gasteiger partial charge in [-0.3, -0.25) is 0 Å². The van der Waals surface area contributed by atoms with Gasteiger partial charge in [0.15, 0.2) is 0 Å². The number of aliphatic hydroxyl groups excluding tert-OH is 1. The molecule has 1 aromatic heterocycles. The zero-order valence-corrected chi connectivity index (χ0v) is 8.56. The van der Waals surface area contributed by atoms with Gasteiger partial charge in [-0.15, -0.1) is 0 Å². The number of nitrogens with two attached hydrogens (primary N) is 1. The number of aromatic nitrogens is 2. The van der Waals surface area contributed by atoms with Crippen LogP contribution in [0.2, 0.25) is 0 Å². The summed E-state index contributed by atoms with van der Waals surface area (Å²) in [6.07, 6.45) is 5.23. The van der Waals surface area contributed by atoms with Gasteiger partial charge in [0.2, 0.25) is 0 Å². The molecule has 5 nitrogen and oxygen atoms in total. The Hall–Kier alpha value is -1.36. The van der Waals surface area contributed by atoms with E-state index >= 15 is 0 Å². The maximum Gasteiger partial charge on any atom is 0.131 e. The third-order valence-electron chi connectivity index (χ3n) is 2.75. The van der Waals surface area contributed by atoms with Crippen molar-refractivity contribution in [3.8, 4) is 0 Å². The zero-order valence-electron chi connectivity index (χ0n) is 8.56. The second-order valence-corrected chi connectivity index (χ2v) is 3.93. The zero-order chi connectivity index (χ0) is 10.7. The molecule has 0 radical (unpaired) electrons. The SMILES string of the molecule is Nc1cc(NC2CCCCC2O)ncn1. The summed E-state index contributed by atoms with van der Waals surface area (Å²) in [4.78, 5) is 7.87. The fourth-order valence-electron chi connectivity index (χ4n) is 1.92. The highest BCUT2D eigenvalue weighted by molar-refractivity contribution is 5.44. The van der Waals surface area contributed by atoms with Crippen molar-refractivity contribution in [3.05, 3.63) is 12.4 Å². The lowest BCUT2D eigenvalue weighted by molar-refractivity contribution is 0.116. The van der Waals surface area contributed by atoms with E-state index in [1.165, 1.54) is 6.33 Å². The molecule has 1 heterocycles. The Labute approximate surface area is 88.7 Å². The maximum absolute atomic E-state index is 9.76. The molecule has 0 bridgehead atoms. The van der Waals surface area contributed by atoms with Crippen molar-refractivity contribution in [2.45, 2.75) is 37.8 Å². The van der Waals surface area contributed by atoms with Gasteiger partial charge >= 0.3 is 0 Å². The first-order chi connectivity index (χ1) is 7.25. The molecule has 5 heteroatoms. The second kappa shape index (κ2) is 4.44. The summed E-state index contributed by atoms with van der Waals surface area (Å²) in [6.45, 7) is 0. The molecule has 82 valence electrons. The van der Waals surface area contributed by atoms with E-state index in [4.69, 9.17) is 5.73 Å². The number of nitrogen functional groups attached to an aromatic ring is 1. The quantitative estimate of drug-likeness (QED) is 0.668. The Morgan fingerprint density at radius 3 is 2.87 bits per heavy atom. The molecule has 2 rings (SSSR count). The highest BCUT2D eigenvalue weighted by Gasteiger charge is 2.22. The Balaban J connectivity index is 2.01. The van der Waals surface area contributed by atoms with Crippen molar-refractivity contribution in [2.24, 2.45) is 0 Å². The van der Waals surface area contributed by atoms with Crippen molar-refractivity contribution in [3.63, 3.8) is 0 Å². The van der Waals surface area contributed by atoms with Gasteiger partial charge in [-0.05, 0) is 12.8 Å². The van der Waals surface area contributed by atoms with Crippen molar-refractivity contribution >= 4 is 11.6 Å². The van der Waals surface area contributed by atoms with Crippen LogP contribution in [0.1, 0.15) is 25.7 Å². The molecule has 2 atom stereocenters. The van der Waals surface area contributed by atoms with Gasteiger partial charge in [-0.2, -0.15) is 0 Å². The van der Waals surface area contributed by atoms with Crippen LogP contribution < -0.4 is 11.1 Å². The molecule has 1 aliphatic rings. The molecular formula is C10H16N4O. The lowest BCUT2D eigenvalue weighted by Crippen LogP contribution is -2.36. The molecule has 0 aliphatic heterocycles. The van der Waals surface area contributed by atoms with E-state index in [0.717, 1.165) is 25.7 Å². The van der Waals surface area contributed by atoms with E-state index in [-0.39, 0.29) is 12.1 Å². The van der Waals surface area contributed by atoms with E-state index in [9.17, 15) is 5.11 Å². The van der Waals surface area contributed by atoms with E-state index in [0.29, 0.717) is 11.6 Å². The Morgan fingerprint density at radius 2 is 2.13 bits per heavy atom. The molecule has 1 aliphatic carbocycles. The Morgan fingerprint density at radius 1 is 1.33 bits per heavy atom. The first-order valence-electron chi connectivity index (χ1n) is 5.28. The topological polar surface area (TPSA) is 84.1 Å². The molecule has 0 aromatic carbocycles. The fourth-order valence-corrected chi connectivity index (χ4v) is 1.92. The lowest BCUT2D eigenvalue weighted by atomic mass is 9.93. The van der Waals surface area contributed by atoms with Gasteiger partial charge in [0.05, 0.1) is 12.1 Å². The van der Waals surface area contributed by atoms with Crippen molar-refractivity contribution in [1.82, 2.24) is 9.97 Å². The van der Waals surface area contributed by atoms with Gasteiger partial charge in [0, 0.05) is 6.07 Å². The molecule has 0 amide bonds. The minimum absolute atomic E-state index is 0.0908. The number of aliphatic hydroxyl groups is 1. The molecule has 0 saturated heterocycles. The Kier molecular flexibility index (Phi) is 3.01. The molecule has 0 spiro atoms. The number of hydrogen-bond acceptors (Lipinski definition) is 5. The van der Waals surface area contributed by atoms with Crippen LogP contribution in [0.3, 0.4) is 0 Å². The summed E-state index contributed by atoms with van der Waals surface area (Å²) in [5.74, 6) is 1.13. The highest BCUT2D eigenvalue weighted by Crippen LogP contribution is 2.21. The largest absolute Gasteiger partial charge is 0.391 e. The predicted molar refractivity (Wildman–Crippen MR) is 58.3 cm³/mol. The Bertz CT molecular complexity index is 331. The molecule has 1 aromatic rings. The molecule has 4 N–H and O–H groups in total. The van der Waals surface area contributed by atoms with Crippen molar-refractivity contribution < 1.29 is 5.11 Å². The smallest absolute Gasteiger partial charge is 0.131 e. The van der Waals surface area contributed by atoms with Gasteiger partial charge in [0.1, 0.15) is 18.0 Å². The number of rotatable bonds is 2. The molecule has 15 heavy (non-hydrogen) atoms. The minimum atomic E-state index is -0.282. The predicted octanol–water partition coefficient (Wildman–Crippen LogP) is 0.774. The highest BCUT2D eigenvalue weighted by atomic mass is 16.3. The van der Waals surface area contributed by atoms with Crippen LogP contribution in [0.15, 0.2) is 12.4 Å². The van der Waals surface area contributed by atoms with Crippen LogP contribution >= 0.6 is 0 Å². The average Bonchev–Trinajstić information content (AvgIpc) is 2.22. The number of hydrogen-bond donors (Lipinski definition) is 3. The second-order valence-electron chi connectivity index (χ2n) is 3.93. The normalized spacial score (nSPS) is 26.2. The van der Waals surface area contributed by atoms with Crippen LogP contribution in [-0.4, -0.2) is 27.2 Å². The van der Waals surface area contributed by atoms with Crippen molar-refractivity contribution in [1.29, 1.82) is 0 Å². The minimum Gasteiger partial charge on any atom is -0.391 e. The summed E-state index contributed by atoms with van der Waals surface area (Å²) in [6, 6.07) is 1.77. The average molecular weight is 208 g/mol. The van der Waals surface area contributed by atoms with E-state index in [2.05, 4.69) is 15.3 Å². The molecule has 1 fully saturated rings. The monoisotopic (exact) mass is 208 g/mol. The number of anilines is 2. The van der Waals surface area contributed by atoms with E-state index in [1.807, 2.05) is 0 Å². The molecular weight excluding hydrogens is 192 g/mol. The van der Waals surface area contributed by atoms with Crippen LogP contribution in [0.5, 0.6) is 0 Å². The first kappa shape index (κ1) is 10.2. The van der Waals surface area contributed by atoms with Gasteiger partial charge in [0.25, 0.3) is 0 Å². The van der Waals surface area contributed by atoms with Crippen molar-refractivity contribution in [2.75, 3.05) is 11.1 Å². The lowest BCUT2D eigenvalue weighted by Gasteiger charge is -2.28. The number of nitrogens with one attached hydrogen (secondary N) is 1. The van der Waals surface area contributed by atoms with E-state index in [1.54, 1.807) is 6.07 Å². The summed E-state index contributed by atoms with van der Waals surface area (Å²) in [7, 11) is 0. The maximum atomic E-state index is 9.76. The fraction of sp³-hybridized carbons (Fsp3) is 0.600. The van der Waals surface area contributed by atoms with E-state index < -0.39 is 0 Å². The molecule has 1 saturated carbocycles. The third kappa shape index (κ3) is 2.56. The van der Waals surface area contributed by atoms with Crippen LogP contribution in [-0.2, 0) is 0 Å². The van der Waals surface area contributed by atoms with Crippen LogP contribution in [0.4, 0.5) is 11.6 Å². The third-order valence-corrected chi connectivity index (χ3v) is 2.75. The molecule has 2 unspecified atom stereocenters. The van der Waals surface area contributed by atoms with Crippen LogP contribution in [0.25, 0.3) is 0 Å². The summed E-state index contributed by atoms with van der Waals surface area (Å²) >= 11 is 0. The first-order valence-corrected chi connectivity index (χ1v) is 5.28. The standard InChI is InChI=1S/C10H16N4O/c11-9-5-10(13-6-12-9)14-7-3-1-2-4-8(7)15/h5-8,15H,1-4H2,(H3,11,12,13,14). The summed E-state index contributed by atoms with van der Waals surface area (Å²) in [5, 5.41) is 13.0. The van der Waals surface area contributed by atoms with Gasteiger partial charge < -0.3 is 16.2 Å². The number of nitrogens with zero attached hydrogens (tertiary/aromatic N) is 2. The summed E-state index contributed by atoms with van der Waals surface area (Å²) < 4.78 is 0. The van der Waals surface area contributed by atoms with Gasteiger partial charge in [-0.1, -0.05) is 12.8 Å². The van der Waals surface area contributed by atoms with Gasteiger partial charge in [-0.25, -0.2) is 9.97 Å². The van der Waals surface area contributed by atoms with Crippen LogP contribution in [0, 0.1) is 0 Å².